The maximum atomic E-state index is 13.0. The standard InChI is InChI=1S/C14H13F2N3O2/c1-2-21-13(20)10-7-18-14(19-8-10)17-6-9-3-4-11(15)12(16)5-9/h3-5,7-8H,2,6H2,1H3,(H,17,18,19). The summed E-state index contributed by atoms with van der Waals surface area (Å²) >= 11 is 0. The third-order valence-electron chi connectivity index (χ3n) is 2.60. The summed E-state index contributed by atoms with van der Waals surface area (Å²) in [5.41, 5.74) is 0.794. The van der Waals surface area contributed by atoms with Crippen molar-refractivity contribution in [2.24, 2.45) is 0 Å². The summed E-state index contributed by atoms with van der Waals surface area (Å²) in [4.78, 5) is 19.3. The molecule has 5 nitrogen and oxygen atoms in total. The van der Waals surface area contributed by atoms with Crippen molar-refractivity contribution in [2.75, 3.05) is 11.9 Å². The van der Waals surface area contributed by atoms with Gasteiger partial charge in [-0.3, -0.25) is 0 Å². The molecule has 110 valence electrons. The quantitative estimate of drug-likeness (QED) is 0.858. The molecule has 21 heavy (non-hydrogen) atoms. The fourth-order valence-electron chi connectivity index (χ4n) is 1.57. The molecular formula is C14H13F2N3O2. The second kappa shape index (κ2) is 6.74. The monoisotopic (exact) mass is 293 g/mol. The van der Waals surface area contributed by atoms with E-state index in [-0.39, 0.29) is 24.7 Å². The first kappa shape index (κ1) is 14.8. The van der Waals surface area contributed by atoms with Crippen LogP contribution in [0.25, 0.3) is 0 Å². The Hall–Kier alpha value is -2.57. The summed E-state index contributed by atoms with van der Waals surface area (Å²) in [6.45, 7) is 2.21. The zero-order chi connectivity index (χ0) is 15.2. The Morgan fingerprint density at radius 1 is 1.24 bits per heavy atom. The van der Waals surface area contributed by atoms with Gasteiger partial charge in [0.05, 0.1) is 12.2 Å². The fourth-order valence-corrected chi connectivity index (χ4v) is 1.57. The van der Waals surface area contributed by atoms with E-state index in [9.17, 15) is 13.6 Å². The van der Waals surface area contributed by atoms with Gasteiger partial charge < -0.3 is 10.1 Å². The number of aromatic nitrogens is 2. The average molecular weight is 293 g/mol. The molecule has 0 atom stereocenters. The van der Waals surface area contributed by atoms with Crippen LogP contribution in [0.3, 0.4) is 0 Å². The molecule has 0 amide bonds. The van der Waals surface area contributed by atoms with Crippen molar-refractivity contribution in [1.82, 2.24) is 9.97 Å². The highest BCUT2D eigenvalue weighted by Gasteiger charge is 2.08. The molecule has 1 aromatic carbocycles. The second-order valence-electron chi connectivity index (χ2n) is 4.12. The topological polar surface area (TPSA) is 64.1 Å². The summed E-state index contributed by atoms with van der Waals surface area (Å²) < 4.78 is 30.6. The summed E-state index contributed by atoms with van der Waals surface area (Å²) in [5.74, 6) is -2.03. The number of carbonyl (C=O) groups excluding carboxylic acids is 1. The Bertz CT molecular complexity index is 633. The lowest BCUT2D eigenvalue weighted by atomic mass is 10.2. The number of anilines is 1. The molecule has 1 N–H and O–H groups in total. The summed E-state index contributed by atoms with van der Waals surface area (Å²) in [7, 11) is 0. The molecule has 0 aliphatic heterocycles. The average Bonchev–Trinajstić information content (AvgIpc) is 2.49. The van der Waals surface area contributed by atoms with Crippen LogP contribution in [-0.2, 0) is 11.3 Å². The van der Waals surface area contributed by atoms with Crippen LogP contribution in [0.15, 0.2) is 30.6 Å². The van der Waals surface area contributed by atoms with Crippen LogP contribution >= 0.6 is 0 Å². The number of ether oxygens (including phenoxy) is 1. The minimum absolute atomic E-state index is 0.232. The predicted molar refractivity (Wildman–Crippen MR) is 71.7 cm³/mol. The number of hydrogen-bond acceptors (Lipinski definition) is 5. The lowest BCUT2D eigenvalue weighted by Gasteiger charge is -2.06. The van der Waals surface area contributed by atoms with Crippen molar-refractivity contribution < 1.29 is 18.3 Å². The number of nitrogens with one attached hydrogen (secondary N) is 1. The molecule has 0 saturated heterocycles. The lowest BCUT2D eigenvalue weighted by Crippen LogP contribution is -2.08. The van der Waals surface area contributed by atoms with Crippen molar-refractivity contribution in [2.45, 2.75) is 13.5 Å². The van der Waals surface area contributed by atoms with Gasteiger partial charge in [0.25, 0.3) is 0 Å². The van der Waals surface area contributed by atoms with Gasteiger partial charge in [-0.05, 0) is 24.6 Å². The Labute approximate surface area is 120 Å². The van der Waals surface area contributed by atoms with E-state index in [0.29, 0.717) is 5.56 Å². The number of benzene rings is 1. The van der Waals surface area contributed by atoms with Gasteiger partial charge >= 0.3 is 5.97 Å². The van der Waals surface area contributed by atoms with E-state index in [1.807, 2.05) is 0 Å². The van der Waals surface area contributed by atoms with Crippen molar-refractivity contribution in [3.63, 3.8) is 0 Å². The molecule has 7 heteroatoms. The van der Waals surface area contributed by atoms with Crippen LogP contribution < -0.4 is 5.32 Å². The van der Waals surface area contributed by atoms with Crippen LogP contribution in [0.1, 0.15) is 22.8 Å². The third kappa shape index (κ3) is 3.95. The highest BCUT2D eigenvalue weighted by atomic mass is 19.2. The smallest absolute Gasteiger partial charge is 0.341 e. The van der Waals surface area contributed by atoms with E-state index in [4.69, 9.17) is 4.74 Å². The van der Waals surface area contributed by atoms with Gasteiger partial charge in [-0.2, -0.15) is 0 Å². The second-order valence-corrected chi connectivity index (χ2v) is 4.12. The Morgan fingerprint density at radius 2 is 1.95 bits per heavy atom. The minimum Gasteiger partial charge on any atom is -0.462 e. The zero-order valence-electron chi connectivity index (χ0n) is 11.3. The van der Waals surface area contributed by atoms with E-state index in [2.05, 4.69) is 15.3 Å². The molecule has 2 aromatic rings. The highest BCUT2D eigenvalue weighted by Crippen LogP contribution is 2.10. The number of hydrogen-bond donors (Lipinski definition) is 1. The molecular weight excluding hydrogens is 280 g/mol. The summed E-state index contributed by atoms with van der Waals surface area (Å²) in [5, 5.41) is 2.84. The SMILES string of the molecule is CCOC(=O)c1cnc(NCc2ccc(F)c(F)c2)nc1. The van der Waals surface area contributed by atoms with Gasteiger partial charge in [0.2, 0.25) is 5.95 Å². The van der Waals surface area contributed by atoms with Crippen molar-refractivity contribution >= 4 is 11.9 Å². The predicted octanol–water partition coefficient (Wildman–Crippen LogP) is 2.54. The van der Waals surface area contributed by atoms with E-state index in [0.717, 1.165) is 12.1 Å². The molecule has 2 rings (SSSR count). The number of nitrogens with zero attached hydrogens (tertiary/aromatic N) is 2. The van der Waals surface area contributed by atoms with Gasteiger partial charge in [0, 0.05) is 18.9 Å². The molecule has 0 unspecified atom stereocenters. The molecule has 0 radical (unpaired) electrons. The van der Waals surface area contributed by atoms with Crippen molar-refractivity contribution in [3.05, 3.63) is 53.4 Å². The van der Waals surface area contributed by atoms with Gasteiger partial charge in [-0.1, -0.05) is 6.07 Å². The first-order valence-electron chi connectivity index (χ1n) is 6.27. The van der Waals surface area contributed by atoms with Crippen LogP contribution in [0.2, 0.25) is 0 Å². The van der Waals surface area contributed by atoms with Crippen LogP contribution in [0, 0.1) is 11.6 Å². The summed E-state index contributed by atoms with van der Waals surface area (Å²) in [6.07, 6.45) is 2.66. The van der Waals surface area contributed by atoms with Gasteiger partial charge in [-0.25, -0.2) is 23.5 Å². The third-order valence-corrected chi connectivity index (χ3v) is 2.60. The van der Waals surface area contributed by atoms with Gasteiger partial charge in [0.1, 0.15) is 0 Å². The molecule has 0 aliphatic carbocycles. The fraction of sp³-hybridized carbons (Fsp3) is 0.214. The Morgan fingerprint density at radius 3 is 2.57 bits per heavy atom. The molecule has 0 bridgehead atoms. The number of halogens is 2. The van der Waals surface area contributed by atoms with Crippen LogP contribution in [0.5, 0.6) is 0 Å². The highest BCUT2D eigenvalue weighted by molar-refractivity contribution is 5.88. The van der Waals surface area contributed by atoms with E-state index >= 15 is 0 Å². The molecule has 0 spiro atoms. The molecule has 1 heterocycles. The van der Waals surface area contributed by atoms with Crippen LogP contribution in [-0.4, -0.2) is 22.5 Å². The van der Waals surface area contributed by atoms with Gasteiger partial charge in [-0.15, -0.1) is 0 Å². The van der Waals surface area contributed by atoms with E-state index < -0.39 is 17.6 Å². The maximum Gasteiger partial charge on any atom is 0.341 e. The largest absolute Gasteiger partial charge is 0.462 e. The molecule has 0 saturated carbocycles. The van der Waals surface area contributed by atoms with E-state index in [1.165, 1.54) is 18.5 Å². The number of carbonyl (C=O) groups is 1. The minimum atomic E-state index is -0.909. The Balaban J connectivity index is 1.97. The van der Waals surface area contributed by atoms with E-state index in [1.54, 1.807) is 6.92 Å². The van der Waals surface area contributed by atoms with Crippen molar-refractivity contribution in [1.29, 1.82) is 0 Å². The van der Waals surface area contributed by atoms with Crippen LogP contribution in [0.4, 0.5) is 14.7 Å². The molecule has 0 fully saturated rings. The number of esters is 1. The zero-order valence-corrected chi connectivity index (χ0v) is 11.3. The maximum absolute atomic E-state index is 13.0. The first-order chi connectivity index (χ1) is 10.1. The van der Waals surface area contributed by atoms with Gasteiger partial charge in [0.15, 0.2) is 11.6 Å². The lowest BCUT2D eigenvalue weighted by molar-refractivity contribution is 0.0525. The first-order valence-corrected chi connectivity index (χ1v) is 6.27. The molecule has 1 aromatic heterocycles. The molecule has 0 aliphatic rings. The Kier molecular flexibility index (Phi) is 4.76. The summed E-state index contributed by atoms with van der Waals surface area (Å²) in [6, 6.07) is 3.60. The normalized spacial score (nSPS) is 10.2. The number of rotatable bonds is 5. The van der Waals surface area contributed by atoms with Crippen molar-refractivity contribution in [3.8, 4) is 0 Å².